The van der Waals surface area contributed by atoms with Crippen LogP contribution in [0.15, 0.2) is 40.9 Å². The molecule has 0 aliphatic carbocycles. The van der Waals surface area contributed by atoms with Gasteiger partial charge in [-0.1, -0.05) is 41.4 Å². The maximum atomic E-state index is 13.4. The Kier molecular flexibility index (Phi) is 6.05. The molecule has 1 N–H and O–H groups in total. The summed E-state index contributed by atoms with van der Waals surface area (Å²) >= 11 is 9.71. The maximum absolute atomic E-state index is 13.4. The molecule has 1 aromatic heterocycles. The third kappa shape index (κ3) is 3.79. The molecule has 3 rings (SSSR count). The van der Waals surface area contributed by atoms with Gasteiger partial charge in [-0.3, -0.25) is 14.2 Å². The normalized spacial score (nSPS) is 12.4. The number of hydrogen-bond acceptors (Lipinski definition) is 3. The molecule has 0 saturated heterocycles. The first-order valence-corrected chi connectivity index (χ1v) is 10.3. The summed E-state index contributed by atoms with van der Waals surface area (Å²) < 4.78 is 7.74. The summed E-state index contributed by atoms with van der Waals surface area (Å²) in [5.74, 6) is -1.70. The van der Waals surface area contributed by atoms with E-state index >= 15 is 0 Å². The smallest absolute Gasteiger partial charge is 0.311 e. The molecule has 29 heavy (non-hydrogen) atoms. The van der Waals surface area contributed by atoms with Crippen molar-refractivity contribution in [2.75, 3.05) is 7.11 Å². The average Bonchev–Trinajstić information content (AvgIpc) is 2.92. The Morgan fingerprint density at radius 1 is 1.17 bits per heavy atom. The Balaban J connectivity index is 2.37. The van der Waals surface area contributed by atoms with E-state index in [0.717, 1.165) is 4.47 Å². The Hall–Kier alpha value is -2.31. The van der Waals surface area contributed by atoms with E-state index in [4.69, 9.17) is 16.3 Å². The predicted molar refractivity (Wildman–Crippen MR) is 117 cm³/mol. The molecular weight excluding hydrogens is 458 g/mol. The van der Waals surface area contributed by atoms with E-state index in [1.165, 1.54) is 11.7 Å². The molecule has 0 spiro atoms. The zero-order valence-electron chi connectivity index (χ0n) is 16.5. The van der Waals surface area contributed by atoms with Crippen LogP contribution in [0.25, 0.3) is 10.9 Å². The monoisotopic (exact) mass is 477 g/mol. The van der Waals surface area contributed by atoms with Crippen LogP contribution in [-0.2, 0) is 4.79 Å². The van der Waals surface area contributed by atoms with Crippen molar-refractivity contribution in [1.29, 1.82) is 0 Å². The molecule has 0 aliphatic heterocycles. The molecule has 0 saturated carbocycles. The number of aliphatic carboxylic acids is 1. The van der Waals surface area contributed by atoms with Gasteiger partial charge in [0, 0.05) is 21.1 Å². The highest BCUT2D eigenvalue weighted by atomic mass is 79.9. The number of halogens is 2. The summed E-state index contributed by atoms with van der Waals surface area (Å²) in [5, 5.41) is 10.9. The minimum absolute atomic E-state index is 0.172. The zero-order valence-corrected chi connectivity index (χ0v) is 18.8. The number of benzene rings is 2. The number of nitrogens with zero attached hydrogens (tertiary/aromatic N) is 1. The van der Waals surface area contributed by atoms with Crippen molar-refractivity contribution in [3.63, 3.8) is 0 Å². The molecule has 152 valence electrons. The first kappa shape index (κ1) is 21.4. The van der Waals surface area contributed by atoms with Crippen molar-refractivity contribution >= 4 is 50.3 Å². The SMILES string of the molecule is COc1cc2c(C(C(=O)O)C(C)C)c(C)n(C(=O)c3ccc(Br)cc3)c2cc1Cl. The summed E-state index contributed by atoms with van der Waals surface area (Å²) in [7, 11) is 1.50. The summed E-state index contributed by atoms with van der Waals surface area (Å²) in [5.41, 5.74) is 2.23. The topological polar surface area (TPSA) is 68.5 Å². The second-order valence-corrected chi connectivity index (χ2v) is 8.53. The van der Waals surface area contributed by atoms with Gasteiger partial charge in [-0.05, 0) is 54.8 Å². The standard InChI is InChI=1S/C22H21BrClNO4/c1-11(2)19(22(27)28)20-12(3)25(21(26)13-5-7-14(23)8-6-13)17-10-16(24)18(29-4)9-15(17)20/h5-11,19H,1-4H3,(H,27,28). The molecule has 1 unspecified atom stereocenters. The molecular formula is C22H21BrClNO4. The number of carboxylic acid groups (broad SMARTS) is 1. The van der Waals surface area contributed by atoms with Crippen molar-refractivity contribution in [2.45, 2.75) is 26.7 Å². The van der Waals surface area contributed by atoms with E-state index in [9.17, 15) is 14.7 Å². The fraction of sp³-hybridized carbons (Fsp3) is 0.273. The first-order valence-electron chi connectivity index (χ1n) is 9.08. The number of carboxylic acids is 1. The Bertz CT molecular complexity index is 1100. The quantitative estimate of drug-likeness (QED) is 0.497. The van der Waals surface area contributed by atoms with E-state index in [1.807, 2.05) is 13.8 Å². The van der Waals surface area contributed by atoms with Crippen LogP contribution >= 0.6 is 27.5 Å². The number of methoxy groups -OCH3 is 1. The maximum Gasteiger partial charge on any atom is 0.311 e. The van der Waals surface area contributed by atoms with E-state index in [1.54, 1.807) is 43.3 Å². The number of fused-ring (bicyclic) bond motifs is 1. The van der Waals surface area contributed by atoms with Gasteiger partial charge in [0.2, 0.25) is 0 Å². The third-order valence-electron chi connectivity index (χ3n) is 5.06. The molecule has 1 atom stereocenters. The Morgan fingerprint density at radius 3 is 2.31 bits per heavy atom. The minimum atomic E-state index is -0.938. The van der Waals surface area contributed by atoms with Gasteiger partial charge in [0.25, 0.3) is 5.91 Å². The van der Waals surface area contributed by atoms with Crippen molar-refractivity contribution in [3.8, 4) is 5.75 Å². The van der Waals surface area contributed by atoms with Crippen LogP contribution in [0.3, 0.4) is 0 Å². The highest BCUT2D eigenvalue weighted by Crippen LogP contribution is 2.40. The van der Waals surface area contributed by atoms with Gasteiger partial charge >= 0.3 is 5.97 Å². The second kappa shape index (κ2) is 8.20. The lowest BCUT2D eigenvalue weighted by molar-refractivity contribution is -0.139. The predicted octanol–water partition coefficient (Wildman–Crippen LogP) is 5.89. The molecule has 0 fully saturated rings. The average molecular weight is 479 g/mol. The highest BCUT2D eigenvalue weighted by molar-refractivity contribution is 9.10. The van der Waals surface area contributed by atoms with E-state index in [0.29, 0.717) is 38.5 Å². The number of aromatic nitrogens is 1. The number of hydrogen-bond donors (Lipinski definition) is 1. The molecule has 0 radical (unpaired) electrons. The molecule has 2 aromatic carbocycles. The summed E-state index contributed by atoms with van der Waals surface area (Å²) in [4.78, 5) is 25.4. The van der Waals surface area contributed by atoms with Gasteiger partial charge in [0.05, 0.1) is 23.6 Å². The van der Waals surface area contributed by atoms with Crippen LogP contribution in [-0.4, -0.2) is 28.7 Å². The van der Waals surface area contributed by atoms with E-state index < -0.39 is 11.9 Å². The van der Waals surface area contributed by atoms with Gasteiger partial charge in [0.1, 0.15) is 5.75 Å². The molecule has 0 amide bonds. The summed E-state index contributed by atoms with van der Waals surface area (Å²) in [6.07, 6.45) is 0. The van der Waals surface area contributed by atoms with Crippen molar-refractivity contribution in [3.05, 3.63) is 62.7 Å². The lowest BCUT2D eigenvalue weighted by atomic mass is 9.86. The number of carbonyl (C=O) groups excluding carboxylic acids is 1. The molecule has 0 aliphatic rings. The second-order valence-electron chi connectivity index (χ2n) is 7.21. The minimum Gasteiger partial charge on any atom is -0.495 e. The molecule has 1 heterocycles. The van der Waals surface area contributed by atoms with Gasteiger partial charge in [-0.25, -0.2) is 0 Å². The summed E-state index contributed by atoms with van der Waals surface area (Å²) in [6, 6.07) is 10.4. The molecule has 5 nitrogen and oxygen atoms in total. The molecule has 0 bridgehead atoms. The summed E-state index contributed by atoms with van der Waals surface area (Å²) in [6.45, 7) is 5.47. The third-order valence-corrected chi connectivity index (χ3v) is 5.89. The number of carbonyl (C=O) groups is 2. The molecule has 7 heteroatoms. The van der Waals surface area contributed by atoms with Gasteiger partial charge < -0.3 is 9.84 Å². The van der Waals surface area contributed by atoms with Crippen molar-refractivity contribution in [1.82, 2.24) is 4.57 Å². The number of ether oxygens (including phenoxy) is 1. The van der Waals surface area contributed by atoms with Crippen LogP contribution in [0.1, 0.15) is 41.4 Å². The fourth-order valence-electron chi connectivity index (χ4n) is 3.71. The van der Waals surface area contributed by atoms with Crippen LogP contribution in [0.2, 0.25) is 5.02 Å². The Morgan fingerprint density at radius 2 is 1.79 bits per heavy atom. The lowest BCUT2D eigenvalue weighted by Gasteiger charge is -2.17. The van der Waals surface area contributed by atoms with Crippen LogP contribution in [0.5, 0.6) is 5.75 Å². The van der Waals surface area contributed by atoms with Crippen LogP contribution in [0, 0.1) is 12.8 Å². The zero-order chi connectivity index (χ0) is 21.5. The Labute approximate surface area is 182 Å². The van der Waals surface area contributed by atoms with Gasteiger partial charge in [-0.15, -0.1) is 0 Å². The van der Waals surface area contributed by atoms with E-state index in [2.05, 4.69) is 15.9 Å². The van der Waals surface area contributed by atoms with Gasteiger partial charge in [-0.2, -0.15) is 0 Å². The van der Waals surface area contributed by atoms with E-state index in [-0.39, 0.29) is 11.8 Å². The van der Waals surface area contributed by atoms with Crippen LogP contribution < -0.4 is 4.74 Å². The number of rotatable bonds is 5. The highest BCUT2D eigenvalue weighted by Gasteiger charge is 2.32. The van der Waals surface area contributed by atoms with Crippen LogP contribution in [0.4, 0.5) is 0 Å². The first-order chi connectivity index (χ1) is 13.7. The largest absolute Gasteiger partial charge is 0.495 e. The van der Waals surface area contributed by atoms with Gasteiger partial charge in [0.15, 0.2) is 0 Å². The van der Waals surface area contributed by atoms with Crippen molar-refractivity contribution < 1.29 is 19.4 Å². The van der Waals surface area contributed by atoms with Crippen molar-refractivity contribution in [2.24, 2.45) is 5.92 Å². The fourth-order valence-corrected chi connectivity index (χ4v) is 4.21. The molecule has 3 aromatic rings. The lowest BCUT2D eigenvalue weighted by Crippen LogP contribution is -2.19.